The van der Waals surface area contributed by atoms with E-state index >= 15 is 0 Å². The second kappa shape index (κ2) is 6.65. The van der Waals surface area contributed by atoms with Crippen molar-refractivity contribution in [3.63, 3.8) is 0 Å². The summed E-state index contributed by atoms with van der Waals surface area (Å²) >= 11 is 0. The lowest BCUT2D eigenvalue weighted by Gasteiger charge is -2.21. The van der Waals surface area contributed by atoms with Crippen LogP contribution in [0.15, 0.2) is 34.9 Å². The predicted octanol–water partition coefficient (Wildman–Crippen LogP) is 4.75. The third kappa shape index (κ3) is 2.90. The first-order valence-corrected chi connectivity index (χ1v) is 7.30. The van der Waals surface area contributed by atoms with E-state index < -0.39 is 0 Å². The van der Waals surface area contributed by atoms with Crippen LogP contribution in [-0.4, -0.2) is 13.3 Å². The maximum Gasteiger partial charge on any atom is 0.127 e. The van der Waals surface area contributed by atoms with Crippen molar-refractivity contribution >= 4 is 11.8 Å². The molecule has 0 saturated carbocycles. The van der Waals surface area contributed by atoms with Crippen LogP contribution in [0.3, 0.4) is 0 Å². The van der Waals surface area contributed by atoms with Crippen LogP contribution in [-0.2, 0) is 12.8 Å². The lowest BCUT2D eigenvalue weighted by Crippen LogP contribution is -2.07. The monoisotopic (exact) mass is 271 g/mol. The molecule has 1 aromatic rings. The number of aryl methyl sites for hydroxylation is 2. The van der Waals surface area contributed by atoms with Gasteiger partial charge in [-0.25, -0.2) is 4.39 Å². The zero-order valence-corrected chi connectivity index (χ0v) is 12.5. The van der Waals surface area contributed by atoms with Crippen molar-refractivity contribution in [3.8, 4) is 0 Å². The average Bonchev–Trinajstić information content (AvgIpc) is 2.43. The van der Waals surface area contributed by atoms with Gasteiger partial charge in [0.25, 0.3) is 0 Å². The molecule has 0 amide bonds. The Bertz CT molecular complexity index is 579. The minimum Gasteiger partial charge on any atom is -0.296 e. The van der Waals surface area contributed by atoms with E-state index in [-0.39, 0.29) is 5.82 Å². The Morgan fingerprint density at radius 2 is 2.10 bits per heavy atom. The molecule has 0 saturated heterocycles. The lowest BCUT2D eigenvalue weighted by atomic mass is 9.84. The molecule has 106 valence electrons. The third-order valence-electron chi connectivity index (χ3n) is 3.71. The summed E-state index contributed by atoms with van der Waals surface area (Å²) in [7, 11) is 1.78. The summed E-state index contributed by atoms with van der Waals surface area (Å²) in [4.78, 5) is 4.12. The zero-order valence-electron chi connectivity index (χ0n) is 12.5. The highest BCUT2D eigenvalue weighted by Crippen LogP contribution is 2.33. The van der Waals surface area contributed by atoms with Gasteiger partial charge in [0.1, 0.15) is 5.82 Å². The van der Waals surface area contributed by atoms with Gasteiger partial charge >= 0.3 is 0 Å². The quantitative estimate of drug-likeness (QED) is 0.700. The zero-order chi connectivity index (χ0) is 14.5. The Labute approximate surface area is 120 Å². The smallest absolute Gasteiger partial charge is 0.127 e. The number of nitrogens with zero attached hydrogens (tertiary/aromatic N) is 1. The predicted molar refractivity (Wildman–Crippen MR) is 84.9 cm³/mol. The molecule has 1 aliphatic carbocycles. The van der Waals surface area contributed by atoms with Crippen molar-refractivity contribution in [1.82, 2.24) is 0 Å². The van der Waals surface area contributed by atoms with Gasteiger partial charge in [0.2, 0.25) is 0 Å². The number of hydrogen-bond donors (Lipinski definition) is 0. The van der Waals surface area contributed by atoms with Crippen molar-refractivity contribution in [2.24, 2.45) is 4.99 Å². The molecular formula is C18H22FN. The second-order valence-corrected chi connectivity index (χ2v) is 5.18. The molecule has 0 unspecified atom stereocenters. The van der Waals surface area contributed by atoms with E-state index in [2.05, 4.69) is 24.1 Å². The summed E-state index contributed by atoms with van der Waals surface area (Å²) in [5.74, 6) is -0.0812. The Morgan fingerprint density at radius 3 is 2.75 bits per heavy atom. The molecule has 0 fully saturated rings. The average molecular weight is 271 g/mol. The number of benzene rings is 1. The lowest BCUT2D eigenvalue weighted by molar-refractivity contribution is 0.605. The topological polar surface area (TPSA) is 12.4 Å². The molecule has 1 aliphatic rings. The maximum atomic E-state index is 14.2. The first kappa shape index (κ1) is 14.7. The van der Waals surface area contributed by atoms with Gasteiger partial charge in [-0.15, -0.1) is 0 Å². The van der Waals surface area contributed by atoms with E-state index in [1.165, 1.54) is 11.1 Å². The summed E-state index contributed by atoms with van der Waals surface area (Å²) in [6, 6.07) is 3.76. The van der Waals surface area contributed by atoms with Crippen molar-refractivity contribution in [1.29, 1.82) is 0 Å². The Balaban J connectivity index is 2.56. The van der Waals surface area contributed by atoms with Gasteiger partial charge in [0.05, 0.1) is 0 Å². The van der Waals surface area contributed by atoms with Crippen LogP contribution in [0.1, 0.15) is 43.4 Å². The molecule has 0 aliphatic heterocycles. The number of fused-ring (bicyclic) bond motifs is 1. The van der Waals surface area contributed by atoms with Crippen LogP contribution in [0.4, 0.5) is 4.39 Å². The molecular weight excluding hydrogens is 249 g/mol. The second-order valence-electron chi connectivity index (χ2n) is 5.18. The van der Waals surface area contributed by atoms with Crippen molar-refractivity contribution in [2.45, 2.75) is 39.5 Å². The largest absolute Gasteiger partial charge is 0.296 e. The fourth-order valence-corrected chi connectivity index (χ4v) is 2.82. The number of hydrogen-bond acceptors (Lipinski definition) is 1. The van der Waals surface area contributed by atoms with E-state index in [0.717, 1.165) is 42.4 Å². The molecule has 20 heavy (non-hydrogen) atoms. The fourth-order valence-electron chi connectivity index (χ4n) is 2.82. The van der Waals surface area contributed by atoms with Crippen molar-refractivity contribution < 1.29 is 4.39 Å². The Morgan fingerprint density at radius 1 is 1.30 bits per heavy atom. The molecule has 0 bridgehead atoms. The number of allylic oxidation sites excluding steroid dienone is 4. The molecule has 0 N–H and O–H groups in total. The van der Waals surface area contributed by atoms with Gasteiger partial charge in [-0.2, -0.15) is 0 Å². The summed E-state index contributed by atoms with van der Waals surface area (Å²) in [6.07, 6.45) is 9.69. The van der Waals surface area contributed by atoms with Crippen LogP contribution < -0.4 is 0 Å². The molecule has 1 nitrogen and oxygen atoms in total. The highest BCUT2D eigenvalue weighted by molar-refractivity contribution is 5.96. The summed E-state index contributed by atoms with van der Waals surface area (Å²) in [6.45, 7) is 4.07. The highest BCUT2D eigenvalue weighted by atomic mass is 19.1. The summed E-state index contributed by atoms with van der Waals surface area (Å²) in [5.41, 5.74) is 5.44. The molecule has 2 rings (SSSR count). The molecule has 1 aromatic carbocycles. The van der Waals surface area contributed by atoms with Crippen LogP contribution in [0, 0.1) is 5.82 Å². The first-order valence-electron chi connectivity index (χ1n) is 7.30. The van der Waals surface area contributed by atoms with Crippen LogP contribution in [0.25, 0.3) is 5.57 Å². The minimum absolute atomic E-state index is 0.0812. The SMILES string of the molecule is C/C=C/C1=C(/C=N\C)CCc2cc(CCC)c(F)cc21. The van der Waals surface area contributed by atoms with Gasteiger partial charge in [-0.05, 0) is 60.1 Å². The van der Waals surface area contributed by atoms with E-state index in [4.69, 9.17) is 0 Å². The van der Waals surface area contributed by atoms with Crippen LogP contribution in [0.5, 0.6) is 0 Å². The van der Waals surface area contributed by atoms with E-state index in [9.17, 15) is 4.39 Å². The van der Waals surface area contributed by atoms with Gasteiger partial charge in [0, 0.05) is 13.3 Å². The van der Waals surface area contributed by atoms with Crippen LogP contribution in [0.2, 0.25) is 0 Å². The third-order valence-corrected chi connectivity index (χ3v) is 3.71. The maximum absolute atomic E-state index is 14.2. The fraction of sp³-hybridized carbons (Fsp3) is 0.389. The van der Waals surface area contributed by atoms with Crippen molar-refractivity contribution in [3.05, 3.63) is 52.4 Å². The first-order chi connectivity index (χ1) is 9.71. The molecule has 0 aromatic heterocycles. The molecule has 2 heteroatoms. The van der Waals surface area contributed by atoms with E-state index in [0.29, 0.717) is 0 Å². The van der Waals surface area contributed by atoms with E-state index in [1.54, 1.807) is 13.1 Å². The van der Waals surface area contributed by atoms with Gasteiger partial charge in [-0.3, -0.25) is 4.99 Å². The summed E-state index contributed by atoms with van der Waals surface area (Å²) < 4.78 is 14.2. The van der Waals surface area contributed by atoms with E-state index in [1.807, 2.05) is 19.2 Å². The van der Waals surface area contributed by atoms with Gasteiger partial charge < -0.3 is 0 Å². The molecule has 0 heterocycles. The highest BCUT2D eigenvalue weighted by Gasteiger charge is 2.18. The van der Waals surface area contributed by atoms with Crippen molar-refractivity contribution in [2.75, 3.05) is 7.05 Å². The summed E-state index contributed by atoms with van der Waals surface area (Å²) in [5, 5.41) is 0. The number of halogens is 1. The Hall–Kier alpha value is -1.70. The normalized spacial score (nSPS) is 15.4. The Kier molecular flexibility index (Phi) is 4.89. The minimum atomic E-state index is -0.0812. The number of aliphatic imine (C=N–C) groups is 1. The van der Waals surface area contributed by atoms with Crippen LogP contribution >= 0.6 is 0 Å². The standard InChI is InChI=1S/C18H22FN/c1-4-6-14-10-13-8-9-15(12-20-3)16(7-5-2)17(13)11-18(14)19/h5,7,10-12H,4,6,8-9H2,1-3H3/b7-5+,20-12-. The molecule has 0 atom stereocenters. The van der Waals surface area contributed by atoms with Gasteiger partial charge in [0.15, 0.2) is 0 Å². The molecule has 0 spiro atoms. The molecule has 0 radical (unpaired) electrons. The van der Waals surface area contributed by atoms with Gasteiger partial charge in [-0.1, -0.05) is 31.6 Å². The number of rotatable bonds is 4.